The third-order valence-corrected chi connectivity index (χ3v) is 5.95. The second-order valence-corrected chi connectivity index (χ2v) is 7.45. The molecule has 1 aliphatic carbocycles. The average molecular weight is 320 g/mol. The van der Waals surface area contributed by atoms with Gasteiger partial charge in [-0.05, 0) is 44.6 Å². The number of Topliss-reactive ketones (excluding diaryl/α,β-unsaturated/α-hetero) is 1. The molecule has 0 aromatic rings. The summed E-state index contributed by atoms with van der Waals surface area (Å²) >= 11 is 0. The van der Waals surface area contributed by atoms with E-state index in [1.807, 2.05) is 0 Å². The maximum Gasteiger partial charge on any atom is 0.200 e. The van der Waals surface area contributed by atoms with Crippen molar-refractivity contribution in [3.8, 4) is 0 Å². The van der Waals surface area contributed by atoms with Crippen molar-refractivity contribution < 1.29 is 14.3 Å². The van der Waals surface area contributed by atoms with Gasteiger partial charge in [-0.1, -0.05) is 12.8 Å². The van der Waals surface area contributed by atoms with Crippen LogP contribution in [0.1, 0.15) is 51.4 Å². The van der Waals surface area contributed by atoms with Crippen LogP contribution in [0.25, 0.3) is 0 Å². The van der Waals surface area contributed by atoms with E-state index in [1.54, 1.807) is 0 Å². The molecule has 2 saturated heterocycles. The monoisotopic (exact) mass is 320 g/mol. The fraction of sp³-hybridized carbons (Fsp3) is 0.833. The third-order valence-electron chi connectivity index (χ3n) is 5.95. The normalized spacial score (nSPS) is 37.7. The average Bonchev–Trinajstić information content (AvgIpc) is 2.76. The Morgan fingerprint density at radius 3 is 3.04 bits per heavy atom. The number of ether oxygens (including phenoxy) is 2. The molecule has 4 rings (SSSR count). The first-order chi connectivity index (χ1) is 11.3. The maximum absolute atomic E-state index is 12.4. The van der Waals surface area contributed by atoms with Crippen LogP contribution in [-0.2, 0) is 14.3 Å². The first-order valence-electron chi connectivity index (χ1n) is 9.31. The number of fused-ring (bicyclic) bond motifs is 3. The lowest BCUT2D eigenvalue weighted by atomic mass is 9.80. The summed E-state index contributed by atoms with van der Waals surface area (Å²) in [6, 6.07) is 1.26. The van der Waals surface area contributed by atoms with Crippen LogP contribution in [0.15, 0.2) is 12.0 Å². The van der Waals surface area contributed by atoms with Gasteiger partial charge in [-0.2, -0.15) is 0 Å². The molecule has 4 unspecified atom stereocenters. The molecule has 0 radical (unpaired) electrons. The molecular weight excluding hydrogens is 292 g/mol. The summed E-state index contributed by atoms with van der Waals surface area (Å²) in [4.78, 5) is 15.1. The van der Waals surface area contributed by atoms with Crippen molar-refractivity contribution in [1.29, 1.82) is 0 Å². The minimum atomic E-state index is 0.112. The zero-order chi connectivity index (χ0) is 15.6. The zero-order valence-electron chi connectivity index (χ0n) is 13.8. The summed E-state index contributed by atoms with van der Waals surface area (Å²) in [5, 5.41) is 3.86. The molecule has 1 saturated carbocycles. The minimum absolute atomic E-state index is 0.112. The standard InChI is InChI=1S/C18H28N2O3/c21-16(17-12-22-8-9-23-17)11-13-5-6-15-14(10-13)19-18-4-2-1-3-7-20(15)18/h12-15,18-19H,1-11H2. The van der Waals surface area contributed by atoms with Crippen molar-refractivity contribution in [3.05, 3.63) is 12.0 Å². The lowest BCUT2D eigenvalue weighted by molar-refractivity contribution is -0.121. The van der Waals surface area contributed by atoms with Gasteiger partial charge in [0, 0.05) is 18.5 Å². The number of hydrogen-bond donors (Lipinski definition) is 1. The van der Waals surface area contributed by atoms with Gasteiger partial charge in [0.1, 0.15) is 19.5 Å². The van der Waals surface area contributed by atoms with Gasteiger partial charge in [-0.3, -0.25) is 15.0 Å². The van der Waals surface area contributed by atoms with Gasteiger partial charge < -0.3 is 9.47 Å². The Morgan fingerprint density at radius 1 is 1.22 bits per heavy atom. The number of rotatable bonds is 3. The highest BCUT2D eigenvalue weighted by Gasteiger charge is 2.44. The number of carbonyl (C=O) groups excluding carboxylic acids is 1. The van der Waals surface area contributed by atoms with E-state index in [0.29, 0.717) is 49.6 Å². The van der Waals surface area contributed by atoms with Gasteiger partial charge >= 0.3 is 0 Å². The van der Waals surface area contributed by atoms with E-state index in [0.717, 1.165) is 12.8 Å². The summed E-state index contributed by atoms with van der Waals surface area (Å²) in [6.45, 7) is 2.29. The Hall–Kier alpha value is -1.07. The molecule has 128 valence electrons. The number of nitrogens with zero attached hydrogens (tertiary/aromatic N) is 1. The van der Waals surface area contributed by atoms with Crippen molar-refractivity contribution in [2.45, 2.75) is 69.6 Å². The highest BCUT2D eigenvalue weighted by Crippen LogP contribution is 2.37. The highest BCUT2D eigenvalue weighted by molar-refractivity contribution is 5.93. The molecular formula is C18H28N2O3. The zero-order valence-corrected chi connectivity index (χ0v) is 13.8. The van der Waals surface area contributed by atoms with Crippen LogP contribution >= 0.6 is 0 Å². The molecule has 3 fully saturated rings. The number of ketones is 1. The molecule has 23 heavy (non-hydrogen) atoms. The van der Waals surface area contributed by atoms with Crippen LogP contribution in [0, 0.1) is 5.92 Å². The van der Waals surface area contributed by atoms with E-state index < -0.39 is 0 Å². The highest BCUT2D eigenvalue weighted by atomic mass is 16.6. The van der Waals surface area contributed by atoms with Crippen molar-refractivity contribution >= 4 is 5.78 Å². The Labute approximate surface area is 138 Å². The second-order valence-electron chi connectivity index (χ2n) is 7.45. The minimum Gasteiger partial charge on any atom is -0.494 e. The fourth-order valence-corrected chi connectivity index (χ4v) is 4.83. The Morgan fingerprint density at radius 2 is 2.17 bits per heavy atom. The molecule has 4 aliphatic rings. The van der Waals surface area contributed by atoms with Gasteiger partial charge in [0.2, 0.25) is 5.78 Å². The van der Waals surface area contributed by atoms with Crippen molar-refractivity contribution in [2.75, 3.05) is 19.8 Å². The van der Waals surface area contributed by atoms with E-state index in [2.05, 4.69) is 10.2 Å². The first kappa shape index (κ1) is 15.5. The van der Waals surface area contributed by atoms with Gasteiger partial charge in [0.05, 0.1) is 6.17 Å². The molecule has 3 heterocycles. The quantitative estimate of drug-likeness (QED) is 0.864. The molecule has 3 aliphatic heterocycles. The molecule has 0 bridgehead atoms. The first-order valence-corrected chi connectivity index (χ1v) is 9.31. The predicted molar refractivity (Wildman–Crippen MR) is 86.6 cm³/mol. The largest absolute Gasteiger partial charge is 0.494 e. The fourth-order valence-electron chi connectivity index (χ4n) is 4.83. The summed E-state index contributed by atoms with van der Waals surface area (Å²) in [5.74, 6) is 1.01. The molecule has 5 heteroatoms. The number of carbonyl (C=O) groups is 1. The van der Waals surface area contributed by atoms with Gasteiger partial charge in [0.25, 0.3) is 0 Å². The van der Waals surface area contributed by atoms with Crippen LogP contribution in [0.3, 0.4) is 0 Å². The summed E-state index contributed by atoms with van der Waals surface area (Å²) < 4.78 is 10.6. The van der Waals surface area contributed by atoms with E-state index in [-0.39, 0.29) is 5.78 Å². The van der Waals surface area contributed by atoms with E-state index >= 15 is 0 Å². The maximum atomic E-state index is 12.4. The van der Waals surface area contributed by atoms with E-state index in [4.69, 9.17) is 9.47 Å². The Bertz CT molecular complexity index is 479. The van der Waals surface area contributed by atoms with E-state index in [9.17, 15) is 4.79 Å². The van der Waals surface area contributed by atoms with Crippen LogP contribution in [0.2, 0.25) is 0 Å². The molecule has 5 nitrogen and oxygen atoms in total. The smallest absolute Gasteiger partial charge is 0.200 e. The molecule has 4 atom stereocenters. The van der Waals surface area contributed by atoms with Gasteiger partial charge in [0.15, 0.2) is 5.76 Å². The topological polar surface area (TPSA) is 50.8 Å². The predicted octanol–water partition coefficient (Wildman–Crippen LogP) is 2.18. The van der Waals surface area contributed by atoms with Crippen molar-refractivity contribution in [1.82, 2.24) is 10.2 Å². The number of hydrogen-bond acceptors (Lipinski definition) is 5. The van der Waals surface area contributed by atoms with Crippen LogP contribution in [0.4, 0.5) is 0 Å². The van der Waals surface area contributed by atoms with Crippen molar-refractivity contribution in [3.63, 3.8) is 0 Å². The molecule has 0 spiro atoms. The van der Waals surface area contributed by atoms with Crippen LogP contribution in [0.5, 0.6) is 0 Å². The lowest BCUT2D eigenvalue weighted by Gasteiger charge is -2.35. The summed E-state index contributed by atoms with van der Waals surface area (Å²) in [6.07, 6.45) is 11.5. The summed E-state index contributed by atoms with van der Waals surface area (Å²) in [5.41, 5.74) is 0. The lowest BCUT2D eigenvalue weighted by Crippen LogP contribution is -2.42. The molecule has 0 aromatic heterocycles. The van der Waals surface area contributed by atoms with Crippen molar-refractivity contribution in [2.24, 2.45) is 5.92 Å². The van der Waals surface area contributed by atoms with Gasteiger partial charge in [-0.25, -0.2) is 0 Å². The molecule has 0 aromatic carbocycles. The Balaban J connectivity index is 1.34. The second kappa shape index (κ2) is 6.81. The number of nitrogens with one attached hydrogen (secondary N) is 1. The van der Waals surface area contributed by atoms with Gasteiger partial charge in [-0.15, -0.1) is 0 Å². The Kier molecular flexibility index (Phi) is 4.58. The molecule has 1 N–H and O–H groups in total. The number of allylic oxidation sites excluding steroid dienone is 1. The van der Waals surface area contributed by atoms with Crippen LogP contribution in [-0.4, -0.2) is 48.7 Å². The summed E-state index contributed by atoms with van der Waals surface area (Å²) in [7, 11) is 0. The SMILES string of the molecule is O=C(CC1CCC2C(C1)NC1CCCCCN12)C1=COCCO1. The van der Waals surface area contributed by atoms with E-state index in [1.165, 1.54) is 44.9 Å². The molecule has 0 amide bonds. The van der Waals surface area contributed by atoms with Crippen LogP contribution < -0.4 is 5.32 Å². The third kappa shape index (κ3) is 3.26.